The van der Waals surface area contributed by atoms with Gasteiger partial charge in [-0.15, -0.1) is 0 Å². The van der Waals surface area contributed by atoms with Crippen molar-refractivity contribution in [3.8, 4) is 5.75 Å². The van der Waals surface area contributed by atoms with Crippen molar-refractivity contribution in [2.75, 3.05) is 25.0 Å². The minimum atomic E-state index is -1.08. The summed E-state index contributed by atoms with van der Waals surface area (Å²) in [5.74, 6) is 0.293. The summed E-state index contributed by atoms with van der Waals surface area (Å²) in [6.45, 7) is 7.77. The molecule has 0 spiro atoms. The smallest absolute Gasteiger partial charge is 0.221 e. The fourth-order valence-electron chi connectivity index (χ4n) is 3.81. The first kappa shape index (κ1) is 22.2. The highest BCUT2D eigenvalue weighted by Crippen LogP contribution is 2.37. The molecular weight excluding hydrogens is 386 g/mol. The molecule has 0 radical (unpaired) electrons. The number of carbonyl (C=O) groups is 1. The Morgan fingerprint density at radius 2 is 1.97 bits per heavy atom. The van der Waals surface area contributed by atoms with E-state index in [2.05, 4.69) is 19.2 Å². The summed E-state index contributed by atoms with van der Waals surface area (Å²) in [6, 6.07) is 11.8. The van der Waals surface area contributed by atoms with E-state index >= 15 is 4.39 Å². The van der Waals surface area contributed by atoms with Crippen LogP contribution in [-0.2, 0) is 11.3 Å². The maximum Gasteiger partial charge on any atom is 0.221 e. The molecule has 1 heterocycles. The second-order valence-electron chi connectivity index (χ2n) is 8.41. The molecule has 3 rings (SSSR count). The van der Waals surface area contributed by atoms with Gasteiger partial charge in [0.1, 0.15) is 17.7 Å². The summed E-state index contributed by atoms with van der Waals surface area (Å²) in [5.41, 5.74) is 2.38. The monoisotopic (exact) mass is 416 g/mol. The largest absolute Gasteiger partial charge is 0.493 e. The number of hydrogen-bond donors (Lipinski definition) is 1. The Labute approximate surface area is 177 Å². The van der Waals surface area contributed by atoms with E-state index in [0.29, 0.717) is 43.5 Å². The van der Waals surface area contributed by atoms with E-state index in [1.165, 1.54) is 19.1 Å². The Kier molecular flexibility index (Phi) is 7.43. The molecule has 1 aliphatic rings. The van der Waals surface area contributed by atoms with Crippen molar-refractivity contribution < 1.29 is 18.3 Å². The second-order valence-corrected chi connectivity index (χ2v) is 8.41. The van der Waals surface area contributed by atoms with Gasteiger partial charge >= 0.3 is 0 Å². The van der Waals surface area contributed by atoms with Crippen molar-refractivity contribution in [3.05, 3.63) is 59.4 Å². The van der Waals surface area contributed by atoms with Crippen LogP contribution in [0.25, 0.3) is 0 Å². The average Bonchev–Trinajstić information content (AvgIpc) is 2.69. The highest BCUT2D eigenvalue weighted by molar-refractivity contribution is 5.89. The average molecular weight is 417 g/mol. The predicted molar refractivity (Wildman–Crippen MR) is 115 cm³/mol. The number of carbonyl (C=O) groups excluding carboxylic acids is 1. The molecule has 0 aromatic heterocycles. The number of nitrogens with one attached hydrogen (secondary N) is 1. The number of rotatable bonds is 7. The summed E-state index contributed by atoms with van der Waals surface area (Å²) >= 11 is 0. The highest BCUT2D eigenvalue weighted by atomic mass is 19.1. The molecule has 2 aromatic rings. The van der Waals surface area contributed by atoms with Crippen LogP contribution in [0.1, 0.15) is 44.2 Å². The van der Waals surface area contributed by atoms with Crippen molar-refractivity contribution in [3.63, 3.8) is 0 Å². The van der Waals surface area contributed by atoms with E-state index in [1.807, 2.05) is 17.0 Å². The molecule has 2 aromatic carbocycles. The van der Waals surface area contributed by atoms with Gasteiger partial charge in [-0.05, 0) is 60.3 Å². The number of alkyl halides is 1. The van der Waals surface area contributed by atoms with Crippen molar-refractivity contribution in [2.45, 2.75) is 45.8 Å². The number of hydrogen-bond acceptors (Lipinski definition) is 3. The molecular formula is C24H30F2N2O2. The highest BCUT2D eigenvalue weighted by Gasteiger charge is 2.32. The Bertz CT molecular complexity index is 855. The second kappa shape index (κ2) is 10.0. The first-order valence-corrected chi connectivity index (χ1v) is 10.5. The molecule has 6 heteroatoms. The number of anilines is 1. The van der Waals surface area contributed by atoms with Crippen LogP contribution in [-0.4, -0.2) is 36.7 Å². The zero-order valence-corrected chi connectivity index (χ0v) is 17.8. The van der Waals surface area contributed by atoms with Crippen LogP contribution in [0.4, 0.5) is 14.5 Å². The maximum atomic E-state index is 15.3. The van der Waals surface area contributed by atoms with Gasteiger partial charge in [0.2, 0.25) is 5.91 Å². The lowest BCUT2D eigenvalue weighted by atomic mass is 9.86. The Morgan fingerprint density at radius 1 is 1.23 bits per heavy atom. The van der Waals surface area contributed by atoms with E-state index in [1.54, 1.807) is 18.2 Å². The molecule has 0 bridgehead atoms. The number of halogens is 2. The van der Waals surface area contributed by atoms with Gasteiger partial charge < -0.3 is 10.1 Å². The molecule has 4 nitrogen and oxygen atoms in total. The third-order valence-electron chi connectivity index (χ3n) is 5.26. The summed E-state index contributed by atoms with van der Waals surface area (Å²) < 4.78 is 34.2. The number of ether oxygens (including phenoxy) is 1. The van der Waals surface area contributed by atoms with E-state index < -0.39 is 6.17 Å². The van der Waals surface area contributed by atoms with Gasteiger partial charge in [-0.25, -0.2) is 8.78 Å². The van der Waals surface area contributed by atoms with Gasteiger partial charge in [-0.1, -0.05) is 26.0 Å². The van der Waals surface area contributed by atoms with Crippen molar-refractivity contribution in [1.29, 1.82) is 0 Å². The van der Waals surface area contributed by atoms with Gasteiger partial charge in [0.25, 0.3) is 0 Å². The molecule has 162 valence electrons. The molecule has 1 saturated heterocycles. The topological polar surface area (TPSA) is 41.6 Å². The summed E-state index contributed by atoms with van der Waals surface area (Å²) in [4.78, 5) is 13.7. The van der Waals surface area contributed by atoms with Gasteiger partial charge in [-0.2, -0.15) is 0 Å². The number of likely N-dealkylation sites (tertiary alicyclic amines) is 1. The first-order valence-electron chi connectivity index (χ1n) is 10.5. The number of nitrogens with zero attached hydrogens (tertiary/aromatic N) is 1. The van der Waals surface area contributed by atoms with Crippen LogP contribution in [0, 0.1) is 11.7 Å². The molecule has 1 N–H and O–H groups in total. The van der Waals surface area contributed by atoms with Crippen molar-refractivity contribution >= 4 is 11.6 Å². The number of piperidine rings is 1. The molecule has 30 heavy (non-hydrogen) atoms. The Hall–Kier alpha value is -2.47. The van der Waals surface area contributed by atoms with Crippen LogP contribution in [0.5, 0.6) is 5.75 Å². The quantitative estimate of drug-likeness (QED) is 0.679. The molecule has 2 atom stereocenters. The van der Waals surface area contributed by atoms with Crippen molar-refractivity contribution in [1.82, 2.24) is 4.90 Å². The van der Waals surface area contributed by atoms with Gasteiger partial charge in [0.15, 0.2) is 0 Å². The molecule has 1 amide bonds. The van der Waals surface area contributed by atoms with Crippen LogP contribution < -0.4 is 10.1 Å². The Balaban J connectivity index is 1.74. The van der Waals surface area contributed by atoms with E-state index in [4.69, 9.17) is 4.74 Å². The molecule has 1 fully saturated rings. The third kappa shape index (κ3) is 6.02. The minimum absolute atomic E-state index is 0.184. The standard InChI is InChI=1S/C24H30F2N2O2/c1-16(2)15-30-20-8-9-24(27-17(3)29)22(12-20)21-10-11-28(14-23(21)26)13-18-4-6-19(25)7-5-18/h4-9,12,16,21,23H,10-11,13-15H2,1-3H3,(H,27,29)/t21-,23-/m1/s1. The molecule has 1 aliphatic heterocycles. The zero-order valence-electron chi connectivity index (χ0n) is 17.8. The number of amides is 1. The summed E-state index contributed by atoms with van der Waals surface area (Å²) in [7, 11) is 0. The van der Waals surface area contributed by atoms with Crippen LogP contribution >= 0.6 is 0 Å². The summed E-state index contributed by atoms with van der Waals surface area (Å²) in [6.07, 6.45) is -0.449. The fourth-order valence-corrected chi connectivity index (χ4v) is 3.81. The van der Waals surface area contributed by atoms with Crippen LogP contribution in [0.3, 0.4) is 0 Å². The predicted octanol–water partition coefficient (Wildman–Crippen LogP) is 5.15. The molecule has 0 aliphatic carbocycles. The Morgan fingerprint density at radius 3 is 2.60 bits per heavy atom. The van der Waals surface area contributed by atoms with Crippen LogP contribution in [0.2, 0.25) is 0 Å². The summed E-state index contributed by atoms with van der Waals surface area (Å²) in [5, 5.41) is 2.83. The first-order chi connectivity index (χ1) is 14.3. The molecule has 0 unspecified atom stereocenters. The lowest BCUT2D eigenvalue weighted by Crippen LogP contribution is -2.40. The van der Waals surface area contributed by atoms with Crippen molar-refractivity contribution in [2.24, 2.45) is 5.92 Å². The van der Waals surface area contributed by atoms with E-state index in [0.717, 1.165) is 17.7 Å². The van der Waals surface area contributed by atoms with Gasteiger partial charge in [0, 0.05) is 31.6 Å². The normalized spacial score (nSPS) is 19.7. The lowest BCUT2D eigenvalue weighted by Gasteiger charge is -2.35. The van der Waals surface area contributed by atoms with Gasteiger partial charge in [0.05, 0.1) is 6.61 Å². The van der Waals surface area contributed by atoms with Gasteiger partial charge in [-0.3, -0.25) is 9.69 Å². The van der Waals surface area contributed by atoms with Crippen LogP contribution in [0.15, 0.2) is 42.5 Å². The lowest BCUT2D eigenvalue weighted by molar-refractivity contribution is -0.114. The molecule has 0 saturated carbocycles. The number of benzene rings is 2. The maximum absolute atomic E-state index is 15.3. The SMILES string of the molecule is CC(=O)Nc1ccc(OCC(C)C)cc1[C@H]1CCN(Cc2ccc(F)cc2)C[C@H]1F. The fraction of sp³-hybridized carbons (Fsp3) is 0.458. The zero-order chi connectivity index (χ0) is 21.7. The third-order valence-corrected chi connectivity index (χ3v) is 5.26. The van der Waals surface area contributed by atoms with E-state index in [9.17, 15) is 9.18 Å². The minimum Gasteiger partial charge on any atom is -0.493 e. The van der Waals surface area contributed by atoms with E-state index in [-0.39, 0.29) is 17.6 Å².